The fourth-order valence-electron chi connectivity index (χ4n) is 3.04. The molecule has 3 rings (SSSR count). The third-order valence-corrected chi connectivity index (χ3v) is 4.44. The molecule has 0 aliphatic heterocycles. The van der Waals surface area contributed by atoms with Crippen molar-refractivity contribution in [1.82, 2.24) is 9.38 Å². The molecule has 2 heterocycles. The van der Waals surface area contributed by atoms with E-state index in [9.17, 15) is 0 Å². The van der Waals surface area contributed by atoms with Crippen LogP contribution in [0, 0.1) is 5.92 Å². The molecule has 2 N–H and O–H groups in total. The predicted molar refractivity (Wildman–Crippen MR) is 77.7 cm³/mol. The molecular formula is C14H18BrN3. The zero-order valence-electron chi connectivity index (χ0n) is 10.6. The van der Waals surface area contributed by atoms with Crippen LogP contribution in [0.5, 0.6) is 0 Å². The third-order valence-electron chi connectivity index (χ3n) is 3.97. The molecule has 0 amide bonds. The van der Waals surface area contributed by atoms with Gasteiger partial charge in [-0.05, 0) is 46.8 Å². The lowest BCUT2D eigenvalue weighted by molar-refractivity contribution is 0.341. The van der Waals surface area contributed by atoms with E-state index in [1.54, 1.807) is 0 Å². The average Bonchev–Trinajstić information content (AvgIpc) is 2.67. The van der Waals surface area contributed by atoms with Crippen LogP contribution in [0.2, 0.25) is 0 Å². The Bertz CT molecular complexity index is 576. The van der Waals surface area contributed by atoms with Gasteiger partial charge in [0.1, 0.15) is 11.5 Å². The monoisotopic (exact) mass is 307 g/mol. The number of pyridine rings is 1. The molecule has 2 atom stereocenters. The molecule has 96 valence electrons. The maximum atomic E-state index is 6.26. The summed E-state index contributed by atoms with van der Waals surface area (Å²) in [5.74, 6) is 2.14. The normalized spacial score (nSPS) is 24.6. The standard InChI is InChI=1S/C14H18BrN3/c1-9-3-2-4-10(7-9)13-14(16)18-8-11(15)5-6-12(18)17-13/h5-6,8-10H,2-4,7,16H2,1H3. The second kappa shape index (κ2) is 4.57. The second-order valence-electron chi connectivity index (χ2n) is 5.43. The fourth-order valence-corrected chi connectivity index (χ4v) is 3.37. The number of aromatic nitrogens is 2. The van der Waals surface area contributed by atoms with Crippen LogP contribution in [0.4, 0.5) is 5.82 Å². The van der Waals surface area contributed by atoms with Gasteiger partial charge in [0.15, 0.2) is 0 Å². The number of hydrogen-bond donors (Lipinski definition) is 1. The fraction of sp³-hybridized carbons (Fsp3) is 0.500. The van der Waals surface area contributed by atoms with E-state index in [0.717, 1.165) is 27.5 Å². The SMILES string of the molecule is CC1CCCC(c2nc3ccc(Br)cn3c2N)C1. The maximum absolute atomic E-state index is 6.26. The van der Waals surface area contributed by atoms with Crippen molar-refractivity contribution in [2.45, 2.75) is 38.5 Å². The zero-order chi connectivity index (χ0) is 12.7. The molecule has 0 aromatic carbocycles. The molecular weight excluding hydrogens is 290 g/mol. The molecule has 1 fully saturated rings. The van der Waals surface area contributed by atoms with Gasteiger partial charge >= 0.3 is 0 Å². The second-order valence-corrected chi connectivity index (χ2v) is 6.34. The Balaban J connectivity index is 2.04. The number of nitrogen functional groups attached to an aromatic ring is 1. The van der Waals surface area contributed by atoms with E-state index in [2.05, 4.69) is 22.9 Å². The molecule has 4 heteroatoms. The van der Waals surface area contributed by atoms with Crippen LogP contribution in [0.3, 0.4) is 0 Å². The summed E-state index contributed by atoms with van der Waals surface area (Å²) in [5, 5.41) is 0. The number of fused-ring (bicyclic) bond motifs is 1. The van der Waals surface area contributed by atoms with Crippen LogP contribution in [0.1, 0.15) is 44.2 Å². The molecule has 2 aromatic rings. The van der Waals surface area contributed by atoms with Gasteiger partial charge in [-0.2, -0.15) is 0 Å². The number of rotatable bonds is 1. The smallest absolute Gasteiger partial charge is 0.138 e. The van der Waals surface area contributed by atoms with Crippen molar-refractivity contribution in [3.63, 3.8) is 0 Å². The molecule has 1 saturated carbocycles. The number of halogens is 1. The van der Waals surface area contributed by atoms with Crippen molar-refractivity contribution in [2.24, 2.45) is 5.92 Å². The summed E-state index contributed by atoms with van der Waals surface area (Å²) in [4.78, 5) is 4.73. The summed E-state index contributed by atoms with van der Waals surface area (Å²) in [6.07, 6.45) is 7.07. The largest absolute Gasteiger partial charge is 0.383 e. The number of imidazole rings is 1. The lowest BCUT2D eigenvalue weighted by Gasteiger charge is -2.25. The van der Waals surface area contributed by atoms with Gasteiger partial charge in [0.05, 0.1) is 5.69 Å². The van der Waals surface area contributed by atoms with Crippen molar-refractivity contribution in [2.75, 3.05) is 5.73 Å². The first-order valence-corrected chi connectivity index (χ1v) is 7.37. The topological polar surface area (TPSA) is 43.3 Å². The molecule has 0 saturated heterocycles. The van der Waals surface area contributed by atoms with Crippen LogP contribution in [-0.4, -0.2) is 9.38 Å². The highest BCUT2D eigenvalue weighted by molar-refractivity contribution is 9.10. The first-order chi connectivity index (χ1) is 8.65. The van der Waals surface area contributed by atoms with Crippen molar-refractivity contribution >= 4 is 27.4 Å². The van der Waals surface area contributed by atoms with Gasteiger partial charge in [0.2, 0.25) is 0 Å². The average molecular weight is 308 g/mol. The Morgan fingerprint density at radius 2 is 2.22 bits per heavy atom. The van der Waals surface area contributed by atoms with Crippen molar-refractivity contribution in [1.29, 1.82) is 0 Å². The first kappa shape index (κ1) is 12.0. The van der Waals surface area contributed by atoms with Gasteiger partial charge in [-0.3, -0.25) is 4.40 Å². The minimum atomic E-state index is 0.535. The summed E-state index contributed by atoms with van der Waals surface area (Å²) in [5.41, 5.74) is 8.31. The molecule has 2 unspecified atom stereocenters. The van der Waals surface area contributed by atoms with E-state index < -0.39 is 0 Å². The Kier molecular flexibility index (Phi) is 3.06. The third kappa shape index (κ3) is 2.03. The number of nitrogens with zero attached hydrogens (tertiary/aromatic N) is 2. The van der Waals surface area contributed by atoms with Crippen LogP contribution in [0.25, 0.3) is 5.65 Å². The molecule has 2 aromatic heterocycles. The molecule has 0 spiro atoms. The van der Waals surface area contributed by atoms with Gasteiger partial charge in [-0.15, -0.1) is 0 Å². The minimum Gasteiger partial charge on any atom is -0.383 e. The molecule has 0 bridgehead atoms. The molecule has 1 aliphatic carbocycles. The van der Waals surface area contributed by atoms with E-state index in [1.165, 1.54) is 25.7 Å². The molecule has 0 radical (unpaired) electrons. The van der Waals surface area contributed by atoms with Crippen molar-refractivity contribution in [3.05, 3.63) is 28.5 Å². The Morgan fingerprint density at radius 1 is 1.39 bits per heavy atom. The Morgan fingerprint density at radius 3 is 3.00 bits per heavy atom. The van der Waals surface area contributed by atoms with Crippen LogP contribution >= 0.6 is 15.9 Å². The Labute approximate surface area is 116 Å². The molecule has 18 heavy (non-hydrogen) atoms. The summed E-state index contributed by atoms with van der Waals surface area (Å²) in [6, 6.07) is 4.02. The number of anilines is 1. The summed E-state index contributed by atoms with van der Waals surface area (Å²) in [7, 11) is 0. The van der Waals surface area contributed by atoms with Crippen molar-refractivity contribution in [3.8, 4) is 0 Å². The van der Waals surface area contributed by atoms with Crippen LogP contribution < -0.4 is 5.73 Å². The highest BCUT2D eigenvalue weighted by Crippen LogP contribution is 2.38. The first-order valence-electron chi connectivity index (χ1n) is 6.58. The summed E-state index contributed by atoms with van der Waals surface area (Å²) < 4.78 is 3.02. The quantitative estimate of drug-likeness (QED) is 0.866. The van der Waals surface area contributed by atoms with Gasteiger partial charge in [0, 0.05) is 16.6 Å². The van der Waals surface area contributed by atoms with Gasteiger partial charge in [-0.1, -0.05) is 19.8 Å². The maximum Gasteiger partial charge on any atom is 0.138 e. The van der Waals surface area contributed by atoms with E-state index >= 15 is 0 Å². The number of hydrogen-bond acceptors (Lipinski definition) is 2. The van der Waals surface area contributed by atoms with Gasteiger partial charge in [-0.25, -0.2) is 4.98 Å². The highest BCUT2D eigenvalue weighted by Gasteiger charge is 2.25. The number of nitrogens with two attached hydrogens (primary N) is 1. The zero-order valence-corrected chi connectivity index (χ0v) is 12.2. The van der Waals surface area contributed by atoms with Crippen LogP contribution in [0.15, 0.2) is 22.8 Å². The van der Waals surface area contributed by atoms with E-state index in [4.69, 9.17) is 10.7 Å². The van der Waals surface area contributed by atoms with E-state index in [0.29, 0.717) is 5.92 Å². The summed E-state index contributed by atoms with van der Waals surface area (Å²) in [6.45, 7) is 2.33. The predicted octanol–water partition coefficient (Wildman–Crippen LogP) is 3.97. The summed E-state index contributed by atoms with van der Waals surface area (Å²) >= 11 is 3.48. The van der Waals surface area contributed by atoms with Gasteiger partial charge in [0.25, 0.3) is 0 Å². The van der Waals surface area contributed by atoms with Gasteiger partial charge < -0.3 is 5.73 Å². The van der Waals surface area contributed by atoms with E-state index in [-0.39, 0.29) is 0 Å². The highest BCUT2D eigenvalue weighted by atomic mass is 79.9. The van der Waals surface area contributed by atoms with Crippen molar-refractivity contribution < 1.29 is 0 Å². The Hall–Kier alpha value is -1.03. The van der Waals surface area contributed by atoms with Crippen LogP contribution in [-0.2, 0) is 0 Å². The molecule has 3 nitrogen and oxygen atoms in total. The minimum absolute atomic E-state index is 0.535. The lowest BCUT2D eigenvalue weighted by Crippen LogP contribution is -2.13. The lowest BCUT2D eigenvalue weighted by atomic mass is 9.81. The van der Waals surface area contributed by atoms with E-state index in [1.807, 2.05) is 22.7 Å². The molecule has 1 aliphatic rings.